The average Bonchev–Trinajstić information content (AvgIpc) is 2.30. The molecule has 0 bridgehead atoms. The van der Waals surface area contributed by atoms with Crippen LogP contribution in [0.4, 0.5) is 0 Å². The van der Waals surface area contributed by atoms with E-state index >= 15 is 0 Å². The molecule has 2 nitrogen and oxygen atoms in total. The molecule has 2 heteroatoms. The van der Waals surface area contributed by atoms with Gasteiger partial charge >= 0.3 is 0 Å². The van der Waals surface area contributed by atoms with Gasteiger partial charge in [-0.3, -0.25) is 4.90 Å². The molecule has 84 valence electrons. The highest BCUT2D eigenvalue weighted by Gasteiger charge is 2.41. The van der Waals surface area contributed by atoms with Crippen LogP contribution in [-0.2, 0) is 0 Å². The zero-order valence-corrected chi connectivity index (χ0v) is 9.84. The summed E-state index contributed by atoms with van der Waals surface area (Å²) in [5.74, 6) is 0. The van der Waals surface area contributed by atoms with E-state index in [2.05, 4.69) is 17.9 Å². The summed E-state index contributed by atoms with van der Waals surface area (Å²) in [5, 5.41) is 9.52. The Kier molecular flexibility index (Phi) is 3.31. The van der Waals surface area contributed by atoms with Crippen molar-refractivity contribution in [1.82, 2.24) is 4.90 Å². The molecule has 0 unspecified atom stereocenters. The summed E-state index contributed by atoms with van der Waals surface area (Å²) in [4.78, 5) is 2.51. The monoisotopic (exact) mass is 206 g/mol. The molecule has 2 fully saturated rings. The lowest BCUT2D eigenvalue weighted by Crippen LogP contribution is -2.54. The van der Waals surface area contributed by atoms with Gasteiger partial charge in [0.15, 0.2) is 0 Å². The van der Waals surface area contributed by atoms with Crippen molar-refractivity contribution < 1.29 is 0 Å². The predicted octanol–water partition coefficient (Wildman–Crippen LogP) is 3.09. The molecule has 0 aromatic rings. The molecule has 1 aliphatic heterocycles. The van der Waals surface area contributed by atoms with Gasteiger partial charge in [-0.05, 0) is 39.2 Å². The largest absolute Gasteiger partial charge is 0.283 e. The maximum absolute atomic E-state index is 9.52. The van der Waals surface area contributed by atoms with Crippen LogP contribution in [0.3, 0.4) is 0 Å². The first-order valence-electron chi connectivity index (χ1n) is 6.46. The van der Waals surface area contributed by atoms with Crippen LogP contribution >= 0.6 is 0 Å². The van der Waals surface area contributed by atoms with Gasteiger partial charge in [0.1, 0.15) is 5.54 Å². The third kappa shape index (κ3) is 2.03. The molecule has 1 saturated heterocycles. The Morgan fingerprint density at radius 1 is 1.13 bits per heavy atom. The third-order valence-electron chi connectivity index (χ3n) is 4.24. The molecule has 0 radical (unpaired) electrons. The first-order valence-corrected chi connectivity index (χ1v) is 6.46. The van der Waals surface area contributed by atoms with Crippen molar-refractivity contribution in [2.24, 2.45) is 0 Å². The van der Waals surface area contributed by atoms with Crippen LogP contribution in [0.15, 0.2) is 0 Å². The molecular weight excluding hydrogens is 184 g/mol. The van der Waals surface area contributed by atoms with Crippen LogP contribution in [0.25, 0.3) is 0 Å². The molecule has 0 N–H and O–H groups in total. The first kappa shape index (κ1) is 11.0. The maximum atomic E-state index is 9.52. The van der Waals surface area contributed by atoms with Crippen molar-refractivity contribution >= 4 is 0 Å². The van der Waals surface area contributed by atoms with Gasteiger partial charge in [0, 0.05) is 6.04 Å². The van der Waals surface area contributed by atoms with E-state index in [4.69, 9.17) is 0 Å². The molecule has 1 atom stereocenters. The molecule has 2 aliphatic rings. The summed E-state index contributed by atoms with van der Waals surface area (Å²) in [7, 11) is 0. The fraction of sp³-hybridized carbons (Fsp3) is 0.923. The minimum atomic E-state index is -0.0991. The Balaban J connectivity index is 2.13. The number of hydrogen-bond donors (Lipinski definition) is 0. The fourth-order valence-corrected chi connectivity index (χ4v) is 3.33. The highest BCUT2D eigenvalue weighted by Crippen LogP contribution is 2.36. The molecular formula is C13H22N2. The van der Waals surface area contributed by atoms with Crippen molar-refractivity contribution in [2.45, 2.75) is 69.9 Å². The Morgan fingerprint density at radius 2 is 1.87 bits per heavy atom. The van der Waals surface area contributed by atoms with Crippen molar-refractivity contribution in [2.75, 3.05) is 6.54 Å². The summed E-state index contributed by atoms with van der Waals surface area (Å²) in [6.45, 7) is 3.45. The van der Waals surface area contributed by atoms with Gasteiger partial charge in [-0.25, -0.2) is 0 Å². The van der Waals surface area contributed by atoms with Crippen LogP contribution in [0, 0.1) is 11.3 Å². The molecule has 0 aromatic heterocycles. The van der Waals surface area contributed by atoms with Crippen LogP contribution in [0.5, 0.6) is 0 Å². The van der Waals surface area contributed by atoms with E-state index in [1.807, 2.05) is 0 Å². The molecule has 0 aromatic carbocycles. The molecule has 1 heterocycles. The molecule has 1 aliphatic carbocycles. The van der Waals surface area contributed by atoms with E-state index in [-0.39, 0.29) is 5.54 Å². The van der Waals surface area contributed by atoms with Crippen molar-refractivity contribution in [3.8, 4) is 6.07 Å². The van der Waals surface area contributed by atoms with Gasteiger partial charge in [-0.2, -0.15) is 5.26 Å². The smallest absolute Gasteiger partial charge is 0.109 e. The lowest BCUT2D eigenvalue weighted by molar-refractivity contribution is 0.0361. The lowest BCUT2D eigenvalue weighted by Gasteiger charge is -2.46. The van der Waals surface area contributed by atoms with Crippen molar-refractivity contribution in [1.29, 1.82) is 5.26 Å². The summed E-state index contributed by atoms with van der Waals surface area (Å²) < 4.78 is 0. The summed E-state index contributed by atoms with van der Waals surface area (Å²) in [6, 6.07) is 3.27. The molecule has 0 spiro atoms. The maximum Gasteiger partial charge on any atom is 0.109 e. The molecule has 2 rings (SSSR count). The highest BCUT2D eigenvalue weighted by molar-refractivity contribution is 5.11. The van der Waals surface area contributed by atoms with Crippen molar-refractivity contribution in [3.05, 3.63) is 0 Å². The van der Waals surface area contributed by atoms with Gasteiger partial charge < -0.3 is 0 Å². The minimum absolute atomic E-state index is 0.0991. The van der Waals surface area contributed by atoms with Crippen molar-refractivity contribution in [3.63, 3.8) is 0 Å². The van der Waals surface area contributed by atoms with Gasteiger partial charge in [0.25, 0.3) is 0 Å². The second kappa shape index (κ2) is 4.53. The van der Waals surface area contributed by atoms with Crippen LogP contribution in [0.1, 0.15) is 58.3 Å². The zero-order chi connectivity index (χ0) is 10.7. The fourth-order valence-electron chi connectivity index (χ4n) is 3.33. The molecule has 1 saturated carbocycles. The van der Waals surface area contributed by atoms with Crippen LogP contribution < -0.4 is 0 Å². The quantitative estimate of drug-likeness (QED) is 0.659. The van der Waals surface area contributed by atoms with Gasteiger partial charge in [0.05, 0.1) is 6.07 Å². The second-order valence-electron chi connectivity index (χ2n) is 5.24. The van der Waals surface area contributed by atoms with E-state index in [0.29, 0.717) is 6.04 Å². The summed E-state index contributed by atoms with van der Waals surface area (Å²) >= 11 is 0. The summed E-state index contributed by atoms with van der Waals surface area (Å²) in [5.41, 5.74) is -0.0991. The first-order chi connectivity index (χ1) is 7.28. The standard InChI is InChI=1S/C13H22N2/c1-12-7-3-6-10-15(12)13(11-14)8-4-2-5-9-13/h12H,2-10H2,1H3/t12-/m0/s1. The number of piperidine rings is 1. The number of hydrogen-bond acceptors (Lipinski definition) is 2. The normalized spacial score (nSPS) is 32.1. The number of nitrogens with zero attached hydrogens (tertiary/aromatic N) is 2. The Morgan fingerprint density at radius 3 is 2.47 bits per heavy atom. The minimum Gasteiger partial charge on any atom is -0.283 e. The van der Waals surface area contributed by atoms with Crippen LogP contribution in [0.2, 0.25) is 0 Å². The van der Waals surface area contributed by atoms with E-state index in [1.165, 1.54) is 38.5 Å². The van der Waals surface area contributed by atoms with Gasteiger partial charge in [0.2, 0.25) is 0 Å². The van der Waals surface area contributed by atoms with E-state index in [9.17, 15) is 5.26 Å². The second-order valence-corrected chi connectivity index (χ2v) is 5.24. The van der Waals surface area contributed by atoms with Gasteiger partial charge in [-0.15, -0.1) is 0 Å². The predicted molar refractivity (Wildman–Crippen MR) is 61.4 cm³/mol. The Hall–Kier alpha value is -0.550. The topological polar surface area (TPSA) is 27.0 Å². The Bertz CT molecular complexity index is 248. The zero-order valence-electron chi connectivity index (χ0n) is 9.84. The summed E-state index contributed by atoms with van der Waals surface area (Å²) in [6.07, 6.45) is 9.94. The Labute approximate surface area is 93.3 Å². The highest BCUT2D eigenvalue weighted by atomic mass is 15.2. The SMILES string of the molecule is C[C@H]1CCCCN1C1(C#N)CCCCC1. The van der Waals surface area contributed by atoms with E-state index < -0.39 is 0 Å². The third-order valence-corrected chi connectivity index (χ3v) is 4.24. The van der Waals surface area contributed by atoms with Crippen LogP contribution in [-0.4, -0.2) is 23.0 Å². The van der Waals surface area contributed by atoms with E-state index in [1.54, 1.807) is 0 Å². The number of nitriles is 1. The molecule has 0 amide bonds. The average molecular weight is 206 g/mol. The lowest BCUT2D eigenvalue weighted by atomic mass is 9.79. The number of likely N-dealkylation sites (tertiary alicyclic amines) is 1. The van der Waals surface area contributed by atoms with Gasteiger partial charge in [-0.1, -0.05) is 25.7 Å². The number of rotatable bonds is 1. The van der Waals surface area contributed by atoms with E-state index in [0.717, 1.165) is 19.4 Å². The molecule has 15 heavy (non-hydrogen) atoms.